The van der Waals surface area contributed by atoms with Crippen LogP contribution in [0.5, 0.6) is 11.5 Å². The Kier molecular flexibility index (Phi) is 4.92. The summed E-state index contributed by atoms with van der Waals surface area (Å²) in [6.45, 7) is 4.88. The monoisotopic (exact) mass is 345 g/mol. The quantitative estimate of drug-likeness (QED) is 0.849. The second kappa shape index (κ2) is 6.95. The van der Waals surface area contributed by atoms with Crippen LogP contribution in [0.25, 0.3) is 0 Å². The van der Waals surface area contributed by atoms with Gasteiger partial charge in [0.1, 0.15) is 11.0 Å². The van der Waals surface area contributed by atoms with Crippen LogP contribution in [0.3, 0.4) is 0 Å². The molecule has 0 aromatic heterocycles. The van der Waals surface area contributed by atoms with Gasteiger partial charge < -0.3 is 9.47 Å². The van der Waals surface area contributed by atoms with Gasteiger partial charge in [0.25, 0.3) is 0 Å². The van der Waals surface area contributed by atoms with E-state index in [-0.39, 0.29) is 6.04 Å². The molecule has 2 aromatic rings. The van der Waals surface area contributed by atoms with Crippen LogP contribution in [0, 0.1) is 6.92 Å². The third kappa shape index (κ3) is 3.06. The van der Waals surface area contributed by atoms with Crippen LogP contribution >= 0.6 is 0 Å². The summed E-state index contributed by atoms with van der Waals surface area (Å²) in [7, 11) is 2.12. The number of benzene rings is 2. The number of hydrogen-bond donors (Lipinski definition) is 0. The second-order valence-corrected chi connectivity index (χ2v) is 7.47. The SMILES string of the molecule is COc1cc2c(cc1OC)[C@H](C)N([S@](=O)c1ccc(C)cc1)CC2. The molecule has 1 aliphatic rings. The molecule has 0 saturated heterocycles. The van der Waals surface area contributed by atoms with E-state index in [1.54, 1.807) is 14.2 Å². The first kappa shape index (κ1) is 17.0. The number of methoxy groups -OCH3 is 2. The summed E-state index contributed by atoms with van der Waals surface area (Å²) in [5.41, 5.74) is 3.56. The Bertz CT molecular complexity index is 758. The molecule has 24 heavy (non-hydrogen) atoms. The van der Waals surface area contributed by atoms with E-state index in [2.05, 4.69) is 6.92 Å². The van der Waals surface area contributed by atoms with Crippen LogP contribution in [0.2, 0.25) is 0 Å². The van der Waals surface area contributed by atoms with Crippen molar-refractivity contribution in [3.05, 3.63) is 53.1 Å². The van der Waals surface area contributed by atoms with E-state index in [0.717, 1.165) is 29.2 Å². The third-order valence-corrected chi connectivity index (χ3v) is 6.16. The normalized spacial score (nSPS) is 18.8. The predicted molar refractivity (Wildman–Crippen MR) is 96.0 cm³/mol. The first-order valence-electron chi connectivity index (χ1n) is 8.05. The summed E-state index contributed by atoms with van der Waals surface area (Å²) in [5.74, 6) is 1.46. The van der Waals surface area contributed by atoms with Crippen molar-refractivity contribution in [3.63, 3.8) is 0 Å². The highest BCUT2D eigenvalue weighted by Gasteiger charge is 2.30. The standard InChI is InChI=1S/C19H23NO3S/c1-13-5-7-16(8-6-13)24(21)20-10-9-15-11-18(22-3)19(23-4)12-17(15)14(20)2/h5-8,11-12,14H,9-10H2,1-4H3/t14-,24+/m0/s1. The molecule has 2 atom stereocenters. The molecule has 0 saturated carbocycles. The zero-order chi connectivity index (χ0) is 17.3. The Labute approximate surface area is 146 Å². The van der Waals surface area contributed by atoms with Crippen LogP contribution in [-0.2, 0) is 17.4 Å². The summed E-state index contributed by atoms with van der Waals surface area (Å²) in [4.78, 5) is 0.844. The zero-order valence-electron chi connectivity index (χ0n) is 14.5. The number of nitrogens with zero attached hydrogens (tertiary/aromatic N) is 1. The molecule has 0 unspecified atom stereocenters. The summed E-state index contributed by atoms with van der Waals surface area (Å²) < 4.78 is 25.8. The molecule has 0 fully saturated rings. The van der Waals surface area contributed by atoms with Crippen LogP contribution in [0.1, 0.15) is 29.7 Å². The van der Waals surface area contributed by atoms with Gasteiger partial charge in [-0.15, -0.1) is 0 Å². The minimum Gasteiger partial charge on any atom is -0.493 e. The molecule has 0 amide bonds. The van der Waals surface area contributed by atoms with Crippen LogP contribution < -0.4 is 9.47 Å². The molecule has 4 nitrogen and oxygen atoms in total. The van der Waals surface area contributed by atoms with Gasteiger partial charge in [0.15, 0.2) is 11.5 Å². The molecule has 128 valence electrons. The first-order valence-corrected chi connectivity index (χ1v) is 9.15. The highest BCUT2D eigenvalue weighted by molar-refractivity contribution is 7.82. The summed E-state index contributed by atoms with van der Waals surface area (Å²) in [6.07, 6.45) is 0.845. The van der Waals surface area contributed by atoms with Gasteiger partial charge in [-0.3, -0.25) is 0 Å². The van der Waals surface area contributed by atoms with Crippen molar-refractivity contribution in [1.29, 1.82) is 0 Å². The van der Waals surface area contributed by atoms with Gasteiger partial charge in [-0.2, -0.15) is 0 Å². The zero-order valence-corrected chi connectivity index (χ0v) is 15.4. The van der Waals surface area contributed by atoms with Gasteiger partial charge in [-0.25, -0.2) is 8.51 Å². The lowest BCUT2D eigenvalue weighted by molar-refractivity contribution is 0.332. The maximum Gasteiger partial charge on any atom is 0.161 e. The van der Waals surface area contributed by atoms with Gasteiger partial charge in [-0.1, -0.05) is 17.7 Å². The van der Waals surface area contributed by atoms with Crippen LogP contribution in [0.15, 0.2) is 41.3 Å². The fraction of sp³-hybridized carbons (Fsp3) is 0.368. The first-order chi connectivity index (χ1) is 11.5. The molecule has 3 rings (SSSR count). The van der Waals surface area contributed by atoms with Gasteiger partial charge in [0, 0.05) is 12.6 Å². The number of fused-ring (bicyclic) bond motifs is 1. The topological polar surface area (TPSA) is 38.8 Å². The minimum absolute atomic E-state index is 0.0516. The highest BCUT2D eigenvalue weighted by atomic mass is 32.2. The van der Waals surface area contributed by atoms with Crippen molar-refractivity contribution in [2.24, 2.45) is 0 Å². The van der Waals surface area contributed by atoms with Crippen molar-refractivity contribution in [2.45, 2.75) is 31.2 Å². The number of hydrogen-bond acceptors (Lipinski definition) is 3. The number of rotatable bonds is 4. The highest BCUT2D eigenvalue weighted by Crippen LogP contribution is 2.39. The van der Waals surface area contributed by atoms with E-state index in [0.29, 0.717) is 5.75 Å². The Hall–Kier alpha value is -1.85. The molecule has 5 heteroatoms. The second-order valence-electron chi connectivity index (χ2n) is 6.03. The van der Waals surface area contributed by atoms with E-state index < -0.39 is 11.0 Å². The maximum absolute atomic E-state index is 13.0. The van der Waals surface area contributed by atoms with Gasteiger partial charge >= 0.3 is 0 Å². The van der Waals surface area contributed by atoms with Crippen molar-refractivity contribution in [1.82, 2.24) is 4.31 Å². The van der Waals surface area contributed by atoms with E-state index in [9.17, 15) is 4.21 Å². The molecule has 1 heterocycles. The van der Waals surface area contributed by atoms with E-state index in [1.807, 2.05) is 47.6 Å². The molecule has 0 aliphatic carbocycles. The van der Waals surface area contributed by atoms with Gasteiger partial charge in [-0.05, 0) is 55.7 Å². The molecule has 1 aliphatic heterocycles. The molecule has 0 bridgehead atoms. The lowest BCUT2D eigenvalue weighted by Crippen LogP contribution is -2.35. The van der Waals surface area contributed by atoms with Gasteiger partial charge in [0.2, 0.25) is 0 Å². The van der Waals surface area contributed by atoms with Crippen molar-refractivity contribution in [2.75, 3.05) is 20.8 Å². The molecule has 0 N–H and O–H groups in total. The fourth-order valence-electron chi connectivity index (χ4n) is 3.14. The minimum atomic E-state index is -1.17. The Morgan fingerprint density at radius 3 is 2.33 bits per heavy atom. The molecular weight excluding hydrogens is 322 g/mol. The van der Waals surface area contributed by atoms with Crippen molar-refractivity contribution < 1.29 is 13.7 Å². The average molecular weight is 345 g/mol. The predicted octanol–water partition coefficient (Wildman–Crippen LogP) is 3.65. The lowest BCUT2D eigenvalue weighted by atomic mass is 9.94. The average Bonchev–Trinajstić information content (AvgIpc) is 2.61. The third-order valence-electron chi connectivity index (χ3n) is 4.56. The van der Waals surface area contributed by atoms with Crippen LogP contribution in [-0.4, -0.2) is 29.3 Å². The lowest BCUT2D eigenvalue weighted by Gasteiger charge is -2.34. The smallest absolute Gasteiger partial charge is 0.161 e. The molecule has 0 spiro atoms. The Morgan fingerprint density at radius 2 is 1.71 bits per heavy atom. The van der Waals surface area contributed by atoms with E-state index in [4.69, 9.17) is 9.47 Å². The van der Waals surface area contributed by atoms with Gasteiger partial charge in [0.05, 0.1) is 19.1 Å². The summed E-state index contributed by atoms with van der Waals surface area (Å²) in [6, 6.07) is 12.0. The summed E-state index contributed by atoms with van der Waals surface area (Å²) in [5, 5.41) is 0. The Balaban J connectivity index is 1.92. The van der Waals surface area contributed by atoms with E-state index >= 15 is 0 Å². The summed E-state index contributed by atoms with van der Waals surface area (Å²) >= 11 is 0. The van der Waals surface area contributed by atoms with Crippen LogP contribution in [0.4, 0.5) is 0 Å². The molecule has 2 aromatic carbocycles. The Morgan fingerprint density at radius 1 is 1.08 bits per heavy atom. The van der Waals surface area contributed by atoms with Crippen molar-refractivity contribution >= 4 is 11.0 Å². The largest absolute Gasteiger partial charge is 0.493 e. The maximum atomic E-state index is 13.0. The van der Waals surface area contributed by atoms with Crippen molar-refractivity contribution in [3.8, 4) is 11.5 Å². The molecular formula is C19H23NO3S. The fourth-order valence-corrected chi connectivity index (χ4v) is 4.44. The number of ether oxygens (including phenoxy) is 2. The molecule has 0 radical (unpaired) electrons. The number of aryl methyl sites for hydroxylation is 1. The van der Waals surface area contributed by atoms with E-state index in [1.165, 1.54) is 11.1 Å².